The molecule has 378 valence electrons. The summed E-state index contributed by atoms with van der Waals surface area (Å²) >= 11 is 0. The molecule has 1 aliphatic carbocycles. The predicted molar refractivity (Wildman–Crippen MR) is 264 cm³/mol. The van der Waals surface area contributed by atoms with Crippen molar-refractivity contribution in [2.75, 3.05) is 74.0 Å². The fourth-order valence-corrected chi connectivity index (χ4v) is 8.74. The number of aliphatic imine (C=N–C) groups is 1. The van der Waals surface area contributed by atoms with Crippen molar-refractivity contribution in [3.05, 3.63) is 94.2 Å². The zero-order valence-electron chi connectivity index (χ0n) is 39.5. The number of amides is 2. The molecule has 0 spiro atoms. The maximum Gasteiger partial charge on any atom is 0.336 e. The van der Waals surface area contributed by atoms with Crippen molar-refractivity contribution in [2.24, 2.45) is 16.5 Å². The number of carboxylic acid groups (broad SMARTS) is 2. The number of aromatic nitrogens is 9. The Hall–Kier alpha value is -9.23. The lowest BCUT2D eigenvalue weighted by molar-refractivity contribution is -0.137. The number of nitrogens with two attached hydrogens (primary N) is 2. The molecule has 2 amide bonds. The molecule has 2 saturated heterocycles. The van der Waals surface area contributed by atoms with E-state index in [0.717, 1.165) is 0 Å². The number of piperazine rings is 2. The van der Waals surface area contributed by atoms with Gasteiger partial charge in [0, 0.05) is 112 Å². The van der Waals surface area contributed by atoms with Gasteiger partial charge in [0.1, 0.15) is 29.7 Å². The van der Waals surface area contributed by atoms with Gasteiger partial charge in [-0.05, 0) is 61.7 Å². The molecule has 0 saturated carbocycles. The summed E-state index contributed by atoms with van der Waals surface area (Å²) in [7, 11) is 0. The highest BCUT2D eigenvalue weighted by atomic mass is 16.4. The van der Waals surface area contributed by atoms with Crippen LogP contribution in [0, 0.1) is 0 Å². The first kappa shape index (κ1) is 48.8. The number of carbonyl (C=O) groups excluding carboxylic acids is 2. The molecule has 3 aliphatic heterocycles. The molecule has 8 N–H and O–H groups in total. The van der Waals surface area contributed by atoms with Crippen LogP contribution in [0.3, 0.4) is 0 Å². The van der Waals surface area contributed by atoms with Crippen molar-refractivity contribution in [3.63, 3.8) is 0 Å². The van der Waals surface area contributed by atoms with Crippen molar-refractivity contribution in [3.8, 4) is 28.2 Å². The molecule has 3 aromatic heterocycles. The molecule has 26 heteroatoms. The Balaban J connectivity index is 0.955. The minimum Gasteiger partial charge on any atom is -0.508 e. The van der Waals surface area contributed by atoms with Crippen LogP contribution in [0.5, 0.6) is 5.75 Å². The van der Waals surface area contributed by atoms with Crippen LogP contribution in [0.15, 0.2) is 81.2 Å². The summed E-state index contributed by atoms with van der Waals surface area (Å²) in [5.74, 6) is -1.67. The van der Waals surface area contributed by atoms with Crippen LogP contribution < -0.4 is 32.0 Å². The van der Waals surface area contributed by atoms with Gasteiger partial charge in [-0.2, -0.15) is 15.0 Å². The van der Waals surface area contributed by atoms with Crippen LogP contribution in [0.4, 0.5) is 23.5 Å². The smallest absolute Gasteiger partial charge is 0.336 e. The number of rotatable bonds is 17. The molecule has 9 rings (SSSR count). The quantitative estimate of drug-likeness (QED) is 0.0326. The molecule has 26 nitrogen and oxygen atoms in total. The Labute approximate surface area is 414 Å². The SMILES string of the molecule is C[C@@H](C(=O)N1CCN(c2nc(Nc3ccc(-c4c5ccc(=O)cc-5oc5cc(O)ccc45)c(C(=O)O)c3)nc(N3CCN(C(=O)Cn4cc(CCCN=C(N)N)nn4)CC3)n2)CC1)n1cc(CCC(=O)O)nn1. The molecule has 73 heavy (non-hydrogen) atoms. The van der Waals surface area contributed by atoms with Gasteiger partial charge >= 0.3 is 11.9 Å². The van der Waals surface area contributed by atoms with Gasteiger partial charge in [0.25, 0.3) is 0 Å². The number of phenols is 1. The third kappa shape index (κ3) is 11.2. The molecule has 0 unspecified atom stereocenters. The largest absolute Gasteiger partial charge is 0.508 e. The van der Waals surface area contributed by atoms with Crippen molar-refractivity contribution >= 4 is 64.2 Å². The first-order valence-corrected chi connectivity index (χ1v) is 23.4. The van der Waals surface area contributed by atoms with Gasteiger partial charge in [-0.25, -0.2) is 14.2 Å². The van der Waals surface area contributed by atoms with E-state index in [1.54, 1.807) is 53.4 Å². The van der Waals surface area contributed by atoms with Gasteiger partial charge in [0.15, 0.2) is 11.4 Å². The summed E-state index contributed by atoms with van der Waals surface area (Å²) in [5.41, 5.74) is 13.5. The number of benzene rings is 3. The van der Waals surface area contributed by atoms with Crippen molar-refractivity contribution < 1.29 is 38.9 Å². The van der Waals surface area contributed by atoms with Gasteiger partial charge in [-0.1, -0.05) is 16.5 Å². The molecule has 2 aromatic carbocycles. The number of aromatic carboxylic acids is 1. The van der Waals surface area contributed by atoms with E-state index in [0.29, 0.717) is 123 Å². The minimum absolute atomic E-state index is 0.00136. The highest BCUT2D eigenvalue weighted by Gasteiger charge is 2.30. The average molecular weight is 998 g/mol. The second-order valence-corrected chi connectivity index (χ2v) is 17.5. The lowest BCUT2D eigenvalue weighted by Crippen LogP contribution is -2.51. The fourth-order valence-electron chi connectivity index (χ4n) is 8.74. The lowest BCUT2D eigenvalue weighted by atomic mass is 9.90. The van der Waals surface area contributed by atoms with Gasteiger partial charge in [0.2, 0.25) is 29.7 Å². The maximum atomic E-state index is 13.7. The van der Waals surface area contributed by atoms with Crippen LogP contribution in [-0.4, -0.2) is 159 Å². The summed E-state index contributed by atoms with van der Waals surface area (Å²) in [4.78, 5) is 89.4. The predicted octanol–water partition coefficient (Wildman–Crippen LogP) is 1.56. The molecular formula is C47H51N17O9. The number of hydrogen-bond donors (Lipinski definition) is 6. The van der Waals surface area contributed by atoms with E-state index in [9.17, 15) is 34.2 Å². The molecular weight excluding hydrogens is 947 g/mol. The molecule has 1 atom stereocenters. The Bertz CT molecular complexity index is 3260. The van der Waals surface area contributed by atoms with E-state index < -0.39 is 18.0 Å². The van der Waals surface area contributed by atoms with Crippen LogP contribution in [-0.2, 0) is 33.8 Å². The number of hydrogen-bond acceptors (Lipinski definition) is 18. The Morgan fingerprint density at radius 2 is 1.48 bits per heavy atom. The molecule has 2 fully saturated rings. The van der Waals surface area contributed by atoms with E-state index in [1.807, 2.05) is 9.80 Å². The van der Waals surface area contributed by atoms with Crippen LogP contribution in [0.2, 0.25) is 0 Å². The number of fused-ring (bicyclic) bond motifs is 2. The van der Waals surface area contributed by atoms with E-state index >= 15 is 0 Å². The minimum atomic E-state index is -1.24. The molecule has 6 heterocycles. The third-order valence-electron chi connectivity index (χ3n) is 12.5. The highest BCUT2D eigenvalue weighted by molar-refractivity contribution is 6.08. The van der Waals surface area contributed by atoms with Crippen LogP contribution >= 0.6 is 0 Å². The average Bonchev–Trinajstić information content (AvgIpc) is 4.05. The summed E-state index contributed by atoms with van der Waals surface area (Å²) in [6.45, 7) is 4.92. The number of aliphatic carboxylic acids is 1. The van der Waals surface area contributed by atoms with Crippen LogP contribution in [0.25, 0.3) is 33.4 Å². The van der Waals surface area contributed by atoms with Crippen molar-refractivity contribution in [1.82, 2.24) is 54.7 Å². The number of nitrogens with one attached hydrogen (secondary N) is 1. The molecule has 0 radical (unpaired) electrons. The zero-order chi connectivity index (χ0) is 51.3. The standard InChI is InChI=1S/C47H51N17O9/c1-27(64-25-30(56-58-64)5-11-40(68)69)42(70)60-15-19-62(20-16-60)47-53-45(52-46(54-47)61-17-13-59(14-18-61)39(67)26-63-24-29(55-57-63)3-2-12-50-44(48)49)51-28-4-8-33(36(21-28)43(71)72)41-34-9-6-31(65)22-37(34)73-38-23-32(66)7-10-35(38)41/h4,6-10,21-25,27,65H,2-3,5,11-20,26H2,1H3,(H,68,69)(H,71,72)(H4,48,49,50)(H,51,52,53,54)/t27-/m0/s1. The summed E-state index contributed by atoms with van der Waals surface area (Å²) in [6.07, 6.45) is 4.64. The van der Waals surface area contributed by atoms with Gasteiger partial charge in [-0.15, -0.1) is 10.2 Å². The lowest BCUT2D eigenvalue weighted by Gasteiger charge is -2.37. The van der Waals surface area contributed by atoms with E-state index in [2.05, 4.69) is 30.9 Å². The Morgan fingerprint density at radius 1 is 0.795 bits per heavy atom. The first-order chi connectivity index (χ1) is 35.1. The number of carboxylic acids is 2. The van der Waals surface area contributed by atoms with E-state index in [4.69, 9.17) is 35.9 Å². The monoisotopic (exact) mass is 997 g/mol. The Morgan fingerprint density at radius 3 is 2.18 bits per heavy atom. The highest BCUT2D eigenvalue weighted by Crippen LogP contribution is 2.42. The summed E-state index contributed by atoms with van der Waals surface area (Å²) in [5, 5.41) is 50.1. The number of carbonyl (C=O) groups is 4. The maximum absolute atomic E-state index is 13.7. The van der Waals surface area contributed by atoms with Gasteiger partial charge < -0.3 is 56.1 Å². The van der Waals surface area contributed by atoms with Crippen molar-refractivity contribution in [1.29, 1.82) is 0 Å². The molecule has 0 bridgehead atoms. The number of aromatic hydroxyl groups is 1. The summed E-state index contributed by atoms with van der Waals surface area (Å²) in [6, 6.07) is 12.8. The zero-order valence-corrected chi connectivity index (χ0v) is 39.5. The second-order valence-electron chi connectivity index (χ2n) is 17.5. The number of guanidine groups is 1. The molecule has 5 aromatic rings. The molecule has 4 aliphatic rings. The number of aryl methyl sites for hydroxylation is 2. The van der Waals surface area contributed by atoms with Crippen molar-refractivity contribution in [2.45, 2.75) is 45.2 Å². The fraction of sp³-hybridized carbons (Fsp3) is 0.340. The van der Waals surface area contributed by atoms with Crippen LogP contribution in [0.1, 0.15) is 47.6 Å². The second kappa shape index (κ2) is 21.0. The van der Waals surface area contributed by atoms with Gasteiger partial charge in [-0.3, -0.25) is 24.2 Å². The number of anilines is 4. The topological polar surface area (TPSA) is 349 Å². The van der Waals surface area contributed by atoms with Gasteiger partial charge in [0.05, 0.1) is 23.4 Å². The third-order valence-corrected chi connectivity index (χ3v) is 12.5. The van der Waals surface area contributed by atoms with E-state index in [-0.39, 0.29) is 71.2 Å². The van der Waals surface area contributed by atoms with E-state index in [1.165, 1.54) is 39.7 Å². The first-order valence-electron chi connectivity index (χ1n) is 23.4. The summed E-state index contributed by atoms with van der Waals surface area (Å²) < 4.78 is 8.92. The number of phenolic OH excluding ortho intramolecular Hbond substituents is 1. The number of nitrogens with zero attached hydrogens (tertiary/aromatic N) is 14. The Kier molecular flexibility index (Phi) is 14.0. The normalized spacial score (nSPS) is 14.4.